The number of aliphatic hydroxyl groups excluding tert-OH is 1. The maximum absolute atomic E-state index is 12.1. The summed E-state index contributed by atoms with van der Waals surface area (Å²) in [6, 6.07) is 5.11. The van der Waals surface area contributed by atoms with Gasteiger partial charge in [-0.2, -0.15) is 0 Å². The molecule has 1 unspecified atom stereocenters. The Labute approximate surface area is 117 Å². The molecule has 0 amide bonds. The Hall–Kier alpha value is -0.430. The van der Waals surface area contributed by atoms with Gasteiger partial charge in [-0.15, -0.1) is 0 Å². The first-order valence-electron chi connectivity index (χ1n) is 5.73. The van der Waals surface area contributed by atoms with Crippen molar-refractivity contribution in [2.45, 2.75) is 25.2 Å². The minimum absolute atomic E-state index is 0.0666. The largest absolute Gasteiger partial charge is 0.396 e. The quantitative estimate of drug-likeness (QED) is 0.836. The molecule has 1 aromatic rings. The van der Waals surface area contributed by atoms with Gasteiger partial charge in [-0.05, 0) is 52.9 Å². The van der Waals surface area contributed by atoms with Crippen molar-refractivity contribution in [3.63, 3.8) is 0 Å². The molecule has 102 valence electrons. The summed E-state index contributed by atoms with van der Waals surface area (Å²) in [7, 11) is -3.50. The second kappa shape index (κ2) is 6.65. The van der Waals surface area contributed by atoms with E-state index in [9.17, 15) is 8.42 Å². The molecule has 0 fully saturated rings. The Kier molecular flexibility index (Phi) is 5.78. The van der Waals surface area contributed by atoms with E-state index in [1.807, 2.05) is 13.8 Å². The lowest BCUT2D eigenvalue weighted by atomic mass is 10.1. The summed E-state index contributed by atoms with van der Waals surface area (Å²) in [4.78, 5) is 0.240. The monoisotopic (exact) mass is 335 g/mol. The van der Waals surface area contributed by atoms with Crippen LogP contribution in [-0.2, 0) is 10.0 Å². The first-order chi connectivity index (χ1) is 8.36. The summed E-state index contributed by atoms with van der Waals surface area (Å²) >= 11 is 3.26. The summed E-state index contributed by atoms with van der Waals surface area (Å²) in [5.74, 6) is 0.106. The number of halogens is 1. The molecule has 0 aliphatic carbocycles. The zero-order valence-corrected chi connectivity index (χ0v) is 12.9. The number of aryl methyl sites for hydroxylation is 1. The highest BCUT2D eigenvalue weighted by Crippen LogP contribution is 2.22. The molecular formula is C12H18BrNO3S. The van der Waals surface area contributed by atoms with E-state index in [0.717, 1.165) is 5.56 Å². The lowest BCUT2D eigenvalue weighted by Gasteiger charge is -2.12. The van der Waals surface area contributed by atoms with E-state index in [1.54, 1.807) is 18.2 Å². The fraction of sp³-hybridized carbons (Fsp3) is 0.500. The van der Waals surface area contributed by atoms with E-state index < -0.39 is 10.0 Å². The fourth-order valence-corrected chi connectivity index (χ4v) is 3.83. The summed E-state index contributed by atoms with van der Waals surface area (Å²) < 4.78 is 27.3. The molecule has 2 N–H and O–H groups in total. The summed E-state index contributed by atoms with van der Waals surface area (Å²) in [5, 5.41) is 8.77. The second-order valence-electron chi connectivity index (χ2n) is 4.40. The van der Waals surface area contributed by atoms with Crippen LogP contribution >= 0.6 is 15.9 Å². The number of aliphatic hydroxyl groups is 1. The maximum Gasteiger partial charge on any atom is 0.241 e. The number of hydrogen-bond donors (Lipinski definition) is 2. The van der Waals surface area contributed by atoms with Crippen LogP contribution in [0, 0.1) is 12.8 Å². The zero-order chi connectivity index (χ0) is 13.8. The maximum atomic E-state index is 12.1. The van der Waals surface area contributed by atoms with Crippen LogP contribution in [0.25, 0.3) is 0 Å². The van der Waals surface area contributed by atoms with Crippen molar-refractivity contribution in [3.05, 3.63) is 28.2 Å². The predicted molar refractivity (Wildman–Crippen MR) is 74.9 cm³/mol. The Bertz CT molecular complexity index is 502. The first kappa shape index (κ1) is 15.6. The number of rotatable bonds is 6. The van der Waals surface area contributed by atoms with Gasteiger partial charge >= 0.3 is 0 Å². The smallest absolute Gasteiger partial charge is 0.241 e. The van der Waals surface area contributed by atoms with Crippen molar-refractivity contribution in [2.24, 2.45) is 5.92 Å². The minimum atomic E-state index is -3.50. The molecule has 0 heterocycles. The Morgan fingerprint density at radius 1 is 1.44 bits per heavy atom. The van der Waals surface area contributed by atoms with Gasteiger partial charge in [-0.1, -0.05) is 13.0 Å². The Balaban J connectivity index is 2.80. The second-order valence-corrected chi connectivity index (χ2v) is 6.99. The van der Waals surface area contributed by atoms with Crippen molar-refractivity contribution in [2.75, 3.05) is 13.2 Å². The summed E-state index contributed by atoms with van der Waals surface area (Å²) in [6.07, 6.45) is 0.581. The molecule has 6 heteroatoms. The lowest BCUT2D eigenvalue weighted by molar-refractivity contribution is 0.263. The molecule has 0 bridgehead atoms. The molecule has 0 aliphatic heterocycles. The predicted octanol–water partition coefficient (Wildman–Crippen LogP) is 2.05. The fourth-order valence-electron chi connectivity index (χ4n) is 1.48. The van der Waals surface area contributed by atoms with Gasteiger partial charge in [-0.3, -0.25) is 0 Å². The van der Waals surface area contributed by atoms with Crippen LogP contribution in [0.15, 0.2) is 27.6 Å². The molecule has 18 heavy (non-hydrogen) atoms. The van der Waals surface area contributed by atoms with Crippen molar-refractivity contribution in [3.8, 4) is 0 Å². The highest BCUT2D eigenvalue weighted by molar-refractivity contribution is 9.10. The van der Waals surface area contributed by atoms with E-state index in [0.29, 0.717) is 17.4 Å². The van der Waals surface area contributed by atoms with Gasteiger partial charge in [0, 0.05) is 17.6 Å². The van der Waals surface area contributed by atoms with Crippen LogP contribution in [0.4, 0.5) is 0 Å². The Morgan fingerprint density at radius 3 is 2.67 bits per heavy atom. The minimum Gasteiger partial charge on any atom is -0.396 e. The molecule has 0 aromatic heterocycles. The van der Waals surface area contributed by atoms with E-state index in [2.05, 4.69) is 20.7 Å². The van der Waals surface area contributed by atoms with Gasteiger partial charge in [0.2, 0.25) is 10.0 Å². The molecule has 1 aromatic carbocycles. The molecule has 0 radical (unpaired) electrons. The lowest BCUT2D eigenvalue weighted by Crippen LogP contribution is -2.29. The van der Waals surface area contributed by atoms with E-state index in [-0.39, 0.29) is 17.4 Å². The van der Waals surface area contributed by atoms with Gasteiger partial charge in [0.05, 0.1) is 4.90 Å². The van der Waals surface area contributed by atoms with Crippen LogP contribution in [-0.4, -0.2) is 26.7 Å². The number of hydrogen-bond acceptors (Lipinski definition) is 3. The van der Waals surface area contributed by atoms with E-state index >= 15 is 0 Å². The summed E-state index contributed by atoms with van der Waals surface area (Å²) in [5.41, 5.74) is 0.995. The van der Waals surface area contributed by atoms with Crippen LogP contribution in [0.5, 0.6) is 0 Å². The average Bonchev–Trinajstić information content (AvgIpc) is 2.26. The molecule has 0 saturated heterocycles. The van der Waals surface area contributed by atoms with Crippen LogP contribution in [0.2, 0.25) is 0 Å². The van der Waals surface area contributed by atoms with Gasteiger partial charge in [0.25, 0.3) is 0 Å². The number of sulfonamides is 1. The van der Waals surface area contributed by atoms with Crippen LogP contribution in [0.3, 0.4) is 0 Å². The van der Waals surface area contributed by atoms with E-state index in [1.165, 1.54) is 0 Å². The molecule has 0 aliphatic rings. The number of nitrogens with one attached hydrogen (secondary N) is 1. The third-order valence-electron chi connectivity index (χ3n) is 2.62. The van der Waals surface area contributed by atoms with Crippen molar-refractivity contribution >= 4 is 26.0 Å². The zero-order valence-electron chi connectivity index (χ0n) is 10.5. The topological polar surface area (TPSA) is 66.4 Å². The van der Waals surface area contributed by atoms with Crippen molar-refractivity contribution < 1.29 is 13.5 Å². The van der Waals surface area contributed by atoms with Gasteiger partial charge in [0.1, 0.15) is 0 Å². The highest BCUT2D eigenvalue weighted by atomic mass is 79.9. The van der Waals surface area contributed by atoms with E-state index in [4.69, 9.17) is 5.11 Å². The SMILES string of the molecule is Cc1ccc(S(=O)(=O)NCC(C)CCO)c(Br)c1. The molecule has 1 rings (SSSR count). The molecule has 0 spiro atoms. The van der Waals surface area contributed by atoms with Gasteiger partial charge in [-0.25, -0.2) is 13.1 Å². The standard InChI is InChI=1S/C12H18BrNO3S/c1-9-3-4-12(11(13)7-9)18(16,17)14-8-10(2)5-6-15/h3-4,7,10,14-15H,5-6,8H2,1-2H3. The highest BCUT2D eigenvalue weighted by Gasteiger charge is 2.18. The van der Waals surface area contributed by atoms with Crippen LogP contribution in [0.1, 0.15) is 18.9 Å². The third kappa shape index (κ3) is 4.35. The number of benzene rings is 1. The summed E-state index contributed by atoms with van der Waals surface area (Å²) in [6.45, 7) is 4.18. The van der Waals surface area contributed by atoms with Crippen LogP contribution < -0.4 is 4.72 Å². The first-order valence-corrected chi connectivity index (χ1v) is 8.01. The average molecular weight is 336 g/mol. The third-order valence-corrected chi connectivity index (χ3v) is 5.02. The van der Waals surface area contributed by atoms with Gasteiger partial charge in [0.15, 0.2) is 0 Å². The van der Waals surface area contributed by atoms with Crippen molar-refractivity contribution in [1.29, 1.82) is 0 Å². The van der Waals surface area contributed by atoms with Gasteiger partial charge < -0.3 is 5.11 Å². The van der Waals surface area contributed by atoms with Crippen molar-refractivity contribution in [1.82, 2.24) is 4.72 Å². The molecule has 0 saturated carbocycles. The Morgan fingerprint density at radius 2 is 2.11 bits per heavy atom. The molecule has 1 atom stereocenters. The molecular weight excluding hydrogens is 318 g/mol. The normalized spacial score (nSPS) is 13.6. The molecule has 4 nitrogen and oxygen atoms in total.